The van der Waals surface area contributed by atoms with Crippen LogP contribution in [0.3, 0.4) is 0 Å². The van der Waals surface area contributed by atoms with Crippen LogP contribution in [0.4, 0.5) is 0 Å². The van der Waals surface area contributed by atoms with Gasteiger partial charge in [0.25, 0.3) is 0 Å². The molecule has 0 spiro atoms. The first-order chi connectivity index (χ1) is 8.29. The van der Waals surface area contributed by atoms with Crippen LogP contribution >= 0.6 is 0 Å². The number of hydrogen-bond acceptors (Lipinski definition) is 3. The van der Waals surface area contributed by atoms with Crippen molar-refractivity contribution in [3.8, 4) is 6.07 Å². The van der Waals surface area contributed by atoms with Crippen LogP contribution in [0.15, 0.2) is 24.3 Å². The van der Waals surface area contributed by atoms with Crippen LogP contribution < -0.4 is 0 Å². The first-order valence-corrected chi connectivity index (χ1v) is 6.10. The largest absolute Gasteiger partial charge is 0.379 e. The van der Waals surface area contributed by atoms with E-state index in [0.717, 1.165) is 38.3 Å². The minimum Gasteiger partial charge on any atom is -0.379 e. The molecule has 1 aliphatic rings. The van der Waals surface area contributed by atoms with E-state index in [1.54, 1.807) is 0 Å². The van der Waals surface area contributed by atoms with Crippen molar-refractivity contribution >= 4 is 0 Å². The monoisotopic (exact) mass is 230 g/mol. The third-order valence-electron chi connectivity index (χ3n) is 3.28. The Morgan fingerprint density at radius 3 is 2.53 bits per heavy atom. The van der Waals surface area contributed by atoms with Gasteiger partial charge in [-0.3, -0.25) is 4.90 Å². The molecule has 0 aromatic heterocycles. The molecule has 17 heavy (non-hydrogen) atoms. The molecule has 0 aliphatic carbocycles. The number of benzene rings is 1. The van der Waals surface area contributed by atoms with E-state index in [9.17, 15) is 0 Å². The minimum absolute atomic E-state index is 0.534. The second kappa shape index (κ2) is 5.81. The van der Waals surface area contributed by atoms with Gasteiger partial charge in [-0.2, -0.15) is 5.26 Å². The van der Waals surface area contributed by atoms with Crippen LogP contribution in [-0.4, -0.2) is 37.2 Å². The second-order valence-electron chi connectivity index (χ2n) is 4.51. The molecule has 0 saturated carbocycles. The molecule has 90 valence electrons. The summed E-state index contributed by atoms with van der Waals surface area (Å²) in [4.78, 5) is 2.46. The van der Waals surface area contributed by atoms with E-state index < -0.39 is 0 Å². The highest BCUT2D eigenvalue weighted by molar-refractivity contribution is 5.31. The molecule has 0 radical (unpaired) electrons. The van der Waals surface area contributed by atoms with Crippen molar-refractivity contribution in [3.63, 3.8) is 0 Å². The van der Waals surface area contributed by atoms with Crippen molar-refractivity contribution in [1.82, 2.24) is 4.90 Å². The molecule has 1 fully saturated rings. The van der Waals surface area contributed by atoms with Crippen molar-refractivity contribution < 1.29 is 4.74 Å². The average Bonchev–Trinajstić information content (AvgIpc) is 2.40. The maximum absolute atomic E-state index is 8.74. The summed E-state index contributed by atoms with van der Waals surface area (Å²) in [6.45, 7) is 5.99. The SMILES string of the molecule is C[C@H](Cc1ccc(C#N)cc1)N1CCOCC1. The normalized spacial score (nSPS) is 18.6. The molecule has 0 bridgehead atoms. The van der Waals surface area contributed by atoms with Crippen LogP contribution in [0.2, 0.25) is 0 Å². The van der Waals surface area contributed by atoms with Gasteiger partial charge in [-0.15, -0.1) is 0 Å². The van der Waals surface area contributed by atoms with Crippen LogP contribution in [0, 0.1) is 11.3 Å². The van der Waals surface area contributed by atoms with Gasteiger partial charge < -0.3 is 4.74 Å². The van der Waals surface area contributed by atoms with Gasteiger partial charge >= 0.3 is 0 Å². The van der Waals surface area contributed by atoms with Gasteiger partial charge in [0.05, 0.1) is 24.8 Å². The topological polar surface area (TPSA) is 36.3 Å². The van der Waals surface area contributed by atoms with Gasteiger partial charge in [0.1, 0.15) is 0 Å². The van der Waals surface area contributed by atoms with Gasteiger partial charge in [-0.05, 0) is 31.0 Å². The molecule has 3 nitrogen and oxygen atoms in total. The van der Waals surface area contributed by atoms with E-state index in [1.807, 2.05) is 12.1 Å². The van der Waals surface area contributed by atoms with Crippen LogP contribution in [-0.2, 0) is 11.2 Å². The molecule has 2 rings (SSSR count). The zero-order valence-electron chi connectivity index (χ0n) is 10.2. The molecular weight excluding hydrogens is 212 g/mol. The molecule has 1 aromatic carbocycles. The summed E-state index contributed by atoms with van der Waals surface area (Å²) >= 11 is 0. The number of nitriles is 1. The van der Waals surface area contributed by atoms with Gasteiger partial charge in [0, 0.05) is 19.1 Å². The number of nitrogens with zero attached hydrogens (tertiary/aromatic N) is 2. The summed E-state index contributed by atoms with van der Waals surface area (Å²) in [5, 5.41) is 8.74. The third kappa shape index (κ3) is 3.29. The summed E-state index contributed by atoms with van der Waals surface area (Å²) in [7, 11) is 0. The number of hydrogen-bond donors (Lipinski definition) is 0. The first-order valence-electron chi connectivity index (χ1n) is 6.10. The van der Waals surface area contributed by atoms with Gasteiger partial charge in [0.15, 0.2) is 0 Å². The maximum atomic E-state index is 8.74. The van der Waals surface area contributed by atoms with Crippen molar-refractivity contribution in [1.29, 1.82) is 5.26 Å². The van der Waals surface area contributed by atoms with E-state index in [4.69, 9.17) is 10.00 Å². The molecule has 1 atom stereocenters. The van der Waals surface area contributed by atoms with Gasteiger partial charge in [-0.1, -0.05) is 12.1 Å². The highest BCUT2D eigenvalue weighted by Crippen LogP contribution is 2.11. The zero-order valence-corrected chi connectivity index (χ0v) is 10.2. The Balaban J connectivity index is 1.92. The van der Waals surface area contributed by atoms with Crippen LogP contribution in [0.5, 0.6) is 0 Å². The Labute approximate surface area is 103 Å². The summed E-state index contributed by atoms with van der Waals surface area (Å²) < 4.78 is 5.35. The lowest BCUT2D eigenvalue weighted by Crippen LogP contribution is -2.43. The van der Waals surface area contributed by atoms with Crippen molar-refractivity contribution in [3.05, 3.63) is 35.4 Å². The third-order valence-corrected chi connectivity index (χ3v) is 3.28. The first kappa shape index (κ1) is 12.1. The summed E-state index contributed by atoms with van der Waals surface area (Å²) in [5.41, 5.74) is 2.02. The number of morpholine rings is 1. The smallest absolute Gasteiger partial charge is 0.0991 e. The minimum atomic E-state index is 0.534. The van der Waals surface area contributed by atoms with Crippen LogP contribution in [0.1, 0.15) is 18.1 Å². The van der Waals surface area contributed by atoms with Crippen LogP contribution in [0.25, 0.3) is 0 Å². The Hall–Kier alpha value is -1.37. The van der Waals surface area contributed by atoms with E-state index in [-0.39, 0.29) is 0 Å². The standard InChI is InChI=1S/C14H18N2O/c1-12(16-6-8-17-9-7-16)10-13-2-4-14(11-15)5-3-13/h2-5,12H,6-10H2,1H3/t12-/m1/s1. The van der Waals surface area contributed by atoms with E-state index in [0.29, 0.717) is 6.04 Å². The predicted molar refractivity (Wildman–Crippen MR) is 66.7 cm³/mol. The molecule has 0 N–H and O–H groups in total. The maximum Gasteiger partial charge on any atom is 0.0991 e. The highest BCUT2D eigenvalue weighted by atomic mass is 16.5. The molecule has 1 heterocycles. The fraction of sp³-hybridized carbons (Fsp3) is 0.500. The summed E-state index contributed by atoms with van der Waals surface area (Å²) in [6.07, 6.45) is 1.03. The Kier molecular flexibility index (Phi) is 4.13. The molecule has 0 amide bonds. The fourth-order valence-corrected chi connectivity index (χ4v) is 2.20. The molecule has 3 heteroatoms. The average molecular weight is 230 g/mol. The van der Waals surface area contributed by atoms with Crippen molar-refractivity contribution in [2.24, 2.45) is 0 Å². The predicted octanol–water partition coefficient (Wildman–Crippen LogP) is 1.82. The summed E-state index contributed by atoms with van der Waals surface area (Å²) in [6, 6.07) is 10.6. The lowest BCUT2D eigenvalue weighted by molar-refractivity contribution is 0.0203. The molecule has 1 aliphatic heterocycles. The Bertz CT molecular complexity index is 388. The van der Waals surface area contributed by atoms with E-state index in [2.05, 4.69) is 30.0 Å². The van der Waals surface area contributed by atoms with E-state index >= 15 is 0 Å². The van der Waals surface area contributed by atoms with E-state index in [1.165, 1.54) is 5.56 Å². The number of rotatable bonds is 3. The van der Waals surface area contributed by atoms with Gasteiger partial charge in [-0.25, -0.2) is 0 Å². The Morgan fingerprint density at radius 2 is 1.94 bits per heavy atom. The second-order valence-corrected chi connectivity index (χ2v) is 4.51. The quantitative estimate of drug-likeness (QED) is 0.794. The van der Waals surface area contributed by atoms with Crippen molar-refractivity contribution in [2.45, 2.75) is 19.4 Å². The van der Waals surface area contributed by atoms with Crippen molar-refractivity contribution in [2.75, 3.05) is 26.3 Å². The molecule has 0 unspecified atom stereocenters. The zero-order chi connectivity index (χ0) is 12.1. The molecule has 1 saturated heterocycles. The van der Waals surface area contributed by atoms with Gasteiger partial charge in [0.2, 0.25) is 0 Å². The summed E-state index contributed by atoms with van der Waals surface area (Å²) in [5.74, 6) is 0. The fourth-order valence-electron chi connectivity index (χ4n) is 2.20. The lowest BCUT2D eigenvalue weighted by atomic mass is 10.0. The molecule has 1 aromatic rings. The number of ether oxygens (including phenoxy) is 1. The highest BCUT2D eigenvalue weighted by Gasteiger charge is 2.16. The molecular formula is C14H18N2O. The lowest BCUT2D eigenvalue weighted by Gasteiger charge is -2.32. The Morgan fingerprint density at radius 1 is 1.29 bits per heavy atom.